The number of hydrogen-bond acceptors (Lipinski definition) is 2. The normalized spacial score (nSPS) is 14.5. The number of hydrogen-bond donors (Lipinski definition) is 0. The van der Waals surface area contributed by atoms with E-state index in [4.69, 9.17) is 0 Å². The van der Waals surface area contributed by atoms with Gasteiger partial charge in [-0.2, -0.15) is 0 Å². The average Bonchev–Trinajstić information content (AvgIpc) is 3.14. The number of amides is 1. The number of carbonyl (C=O) groups excluding carboxylic acids is 1. The first kappa shape index (κ1) is 16.1. The first-order chi connectivity index (χ1) is 12.3. The monoisotopic (exact) mass is 347 g/mol. The predicted molar refractivity (Wildman–Crippen MR) is 105 cm³/mol. The highest BCUT2D eigenvalue weighted by Crippen LogP contribution is 2.40. The summed E-state index contributed by atoms with van der Waals surface area (Å²) in [5.41, 5.74) is 4.20. The Hall–Kier alpha value is -2.39. The SMILES string of the molecule is O=C(c1csc(-c2ccccc2)c1-c1ccccc1)N1CCCCC1. The molecule has 25 heavy (non-hydrogen) atoms. The Balaban J connectivity index is 1.82. The molecular formula is C22H21NOS. The first-order valence-corrected chi connectivity index (χ1v) is 9.74. The third kappa shape index (κ3) is 3.24. The lowest BCUT2D eigenvalue weighted by Crippen LogP contribution is -2.35. The van der Waals surface area contributed by atoms with Crippen LogP contribution < -0.4 is 0 Å². The third-order valence-corrected chi connectivity index (χ3v) is 5.79. The predicted octanol–water partition coefficient (Wildman–Crippen LogP) is 5.71. The molecule has 0 saturated carbocycles. The van der Waals surface area contributed by atoms with Crippen molar-refractivity contribution in [1.29, 1.82) is 0 Å². The van der Waals surface area contributed by atoms with Gasteiger partial charge in [0.1, 0.15) is 0 Å². The molecule has 3 aromatic rings. The third-order valence-electron chi connectivity index (χ3n) is 4.76. The van der Waals surface area contributed by atoms with Crippen molar-refractivity contribution in [1.82, 2.24) is 4.90 Å². The molecule has 2 nitrogen and oxygen atoms in total. The van der Waals surface area contributed by atoms with Gasteiger partial charge in [0.15, 0.2) is 0 Å². The van der Waals surface area contributed by atoms with Crippen LogP contribution in [0.5, 0.6) is 0 Å². The van der Waals surface area contributed by atoms with Crippen LogP contribution in [0.25, 0.3) is 21.6 Å². The summed E-state index contributed by atoms with van der Waals surface area (Å²) in [7, 11) is 0. The van der Waals surface area contributed by atoms with Gasteiger partial charge in [-0.1, -0.05) is 60.7 Å². The van der Waals surface area contributed by atoms with Crippen LogP contribution in [0.2, 0.25) is 0 Å². The maximum absolute atomic E-state index is 13.2. The van der Waals surface area contributed by atoms with Gasteiger partial charge < -0.3 is 4.90 Å². The molecule has 0 unspecified atom stereocenters. The van der Waals surface area contributed by atoms with E-state index < -0.39 is 0 Å². The van der Waals surface area contributed by atoms with Crippen LogP contribution in [0.15, 0.2) is 66.0 Å². The van der Waals surface area contributed by atoms with E-state index in [-0.39, 0.29) is 5.91 Å². The molecule has 2 heterocycles. The molecule has 3 heteroatoms. The molecule has 0 bridgehead atoms. The number of likely N-dealkylation sites (tertiary alicyclic amines) is 1. The molecule has 1 aliphatic rings. The van der Waals surface area contributed by atoms with Crippen LogP contribution in [-0.4, -0.2) is 23.9 Å². The van der Waals surface area contributed by atoms with Gasteiger partial charge in [-0.05, 0) is 30.4 Å². The largest absolute Gasteiger partial charge is 0.339 e. The van der Waals surface area contributed by atoms with Gasteiger partial charge in [-0.15, -0.1) is 11.3 Å². The van der Waals surface area contributed by atoms with E-state index >= 15 is 0 Å². The minimum absolute atomic E-state index is 0.178. The highest BCUT2D eigenvalue weighted by atomic mass is 32.1. The van der Waals surface area contributed by atoms with Crippen molar-refractivity contribution in [3.05, 3.63) is 71.6 Å². The van der Waals surface area contributed by atoms with E-state index in [1.807, 2.05) is 34.5 Å². The smallest absolute Gasteiger partial charge is 0.255 e. The van der Waals surface area contributed by atoms with Gasteiger partial charge in [0, 0.05) is 28.9 Å². The van der Waals surface area contributed by atoms with Crippen molar-refractivity contribution in [2.24, 2.45) is 0 Å². The molecule has 126 valence electrons. The summed E-state index contributed by atoms with van der Waals surface area (Å²) in [6.45, 7) is 1.76. The Labute approximate surface area is 152 Å². The molecule has 1 aliphatic heterocycles. The lowest BCUT2D eigenvalue weighted by atomic mass is 9.97. The first-order valence-electron chi connectivity index (χ1n) is 8.86. The highest BCUT2D eigenvalue weighted by Gasteiger charge is 2.25. The van der Waals surface area contributed by atoms with Crippen molar-refractivity contribution in [2.45, 2.75) is 19.3 Å². The molecule has 2 aromatic carbocycles. The Morgan fingerprint density at radius 1 is 0.800 bits per heavy atom. The van der Waals surface area contributed by atoms with E-state index in [0.717, 1.165) is 42.6 Å². The molecule has 0 radical (unpaired) electrons. The molecule has 0 N–H and O–H groups in total. The van der Waals surface area contributed by atoms with E-state index in [0.29, 0.717) is 0 Å². The van der Waals surface area contributed by atoms with Gasteiger partial charge in [0.2, 0.25) is 0 Å². The van der Waals surface area contributed by atoms with Crippen LogP contribution in [0, 0.1) is 0 Å². The highest BCUT2D eigenvalue weighted by molar-refractivity contribution is 7.14. The van der Waals surface area contributed by atoms with Gasteiger partial charge in [-0.3, -0.25) is 4.79 Å². The topological polar surface area (TPSA) is 20.3 Å². The summed E-state index contributed by atoms with van der Waals surface area (Å²) < 4.78 is 0. The zero-order chi connectivity index (χ0) is 17.1. The minimum Gasteiger partial charge on any atom is -0.339 e. The maximum atomic E-state index is 13.2. The number of carbonyl (C=O) groups is 1. The van der Waals surface area contributed by atoms with Crippen molar-refractivity contribution >= 4 is 17.2 Å². The van der Waals surface area contributed by atoms with Crippen molar-refractivity contribution in [3.63, 3.8) is 0 Å². The van der Waals surface area contributed by atoms with Crippen molar-refractivity contribution < 1.29 is 4.79 Å². The fourth-order valence-corrected chi connectivity index (χ4v) is 4.55. The van der Waals surface area contributed by atoms with E-state index in [9.17, 15) is 4.79 Å². The van der Waals surface area contributed by atoms with Gasteiger partial charge in [0.05, 0.1) is 5.56 Å². The van der Waals surface area contributed by atoms with Crippen molar-refractivity contribution in [2.75, 3.05) is 13.1 Å². The molecule has 0 spiro atoms. The number of rotatable bonds is 3. The summed E-state index contributed by atoms with van der Waals surface area (Å²) in [6.07, 6.45) is 3.46. The summed E-state index contributed by atoms with van der Waals surface area (Å²) in [5.74, 6) is 0.178. The minimum atomic E-state index is 0.178. The summed E-state index contributed by atoms with van der Waals surface area (Å²) in [4.78, 5) is 16.4. The lowest BCUT2D eigenvalue weighted by molar-refractivity contribution is 0.0725. The zero-order valence-corrected chi connectivity index (χ0v) is 15.0. The maximum Gasteiger partial charge on any atom is 0.255 e. The quantitative estimate of drug-likeness (QED) is 0.594. The number of piperidine rings is 1. The Morgan fingerprint density at radius 2 is 1.40 bits per heavy atom. The van der Waals surface area contributed by atoms with E-state index in [1.165, 1.54) is 16.9 Å². The van der Waals surface area contributed by atoms with Crippen LogP contribution in [-0.2, 0) is 0 Å². The molecular weight excluding hydrogens is 326 g/mol. The molecule has 0 atom stereocenters. The summed E-state index contributed by atoms with van der Waals surface area (Å²) in [5, 5.41) is 2.04. The Kier molecular flexibility index (Phi) is 4.66. The van der Waals surface area contributed by atoms with Crippen LogP contribution in [0.1, 0.15) is 29.6 Å². The standard InChI is InChI=1S/C22H21NOS/c24-22(23-14-8-3-9-15-23)19-16-25-21(18-12-6-2-7-13-18)20(19)17-10-4-1-5-11-17/h1-2,4-7,10-13,16H,3,8-9,14-15H2. The fraction of sp³-hybridized carbons (Fsp3) is 0.227. The van der Waals surface area contributed by atoms with Gasteiger partial charge >= 0.3 is 0 Å². The molecule has 1 saturated heterocycles. The van der Waals surface area contributed by atoms with Gasteiger partial charge in [-0.25, -0.2) is 0 Å². The second kappa shape index (κ2) is 7.24. The summed E-state index contributed by atoms with van der Waals surface area (Å²) >= 11 is 1.67. The number of nitrogens with zero attached hydrogens (tertiary/aromatic N) is 1. The average molecular weight is 347 g/mol. The second-order valence-corrected chi connectivity index (χ2v) is 7.32. The zero-order valence-electron chi connectivity index (χ0n) is 14.2. The van der Waals surface area contributed by atoms with Crippen LogP contribution >= 0.6 is 11.3 Å². The van der Waals surface area contributed by atoms with Crippen LogP contribution in [0.3, 0.4) is 0 Å². The lowest BCUT2D eigenvalue weighted by Gasteiger charge is -2.27. The molecule has 1 aromatic heterocycles. The second-order valence-electron chi connectivity index (χ2n) is 6.44. The van der Waals surface area contributed by atoms with Crippen molar-refractivity contribution in [3.8, 4) is 21.6 Å². The Bertz CT molecular complexity index is 848. The van der Waals surface area contributed by atoms with E-state index in [1.54, 1.807) is 11.3 Å². The van der Waals surface area contributed by atoms with Crippen LogP contribution in [0.4, 0.5) is 0 Å². The number of benzene rings is 2. The molecule has 0 aliphatic carbocycles. The molecule has 1 fully saturated rings. The number of thiophene rings is 1. The van der Waals surface area contributed by atoms with Gasteiger partial charge in [0.25, 0.3) is 5.91 Å². The fourth-order valence-electron chi connectivity index (χ4n) is 3.48. The van der Waals surface area contributed by atoms with E-state index in [2.05, 4.69) is 36.4 Å². The molecule has 1 amide bonds. The summed E-state index contributed by atoms with van der Waals surface area (Å²) in [6, 6.07) is 20.7. The molecule has 4 rings (SSSR count). The Morgan fingerprint density at radius 3 is 2.04 bits per heavy atom.